The van der Waals surface area contributed by atoms with Crippen LogP contribution in [0.1, 0.15) is 77.3 Å². The summed E-state index contributed by atoms with van der Waals surface area (Å²) in [6, 6.07) is 9.93. The standard InChI is InChI=1S/C36H49ClN8O3/c1-35(2,3)48-34(46)45-33(36(45)14-22-44(23-15-36)32-29-10-18-39-31(29)40-24-41-32)42-30(25-4-6-26(37)7-5-25)13-21-43-19-11-28(12-20-43)47-27-8-16-38-17-9-27/h4-7,10,18,24,27-28,30,38H,8-9,11-17,19-23H2,1-3H3,(H,39,40,41)/t30-,45?/m0/s1. The number of likely N-dealkylation sites (tertiary alicyclic amines) is 1. The third-order valence-electron chi connectivity index (χ3n) is 10.3. The molecule has 48 heavy (non-hydrogen) atoms. The predicted molar refractivity (Wildman–Crippen MR) is 189 cm³/mol. The number of halogens is 1. The molecule has 4 saturated heterocycles. The molecule has 0 bridgehead atoms. The molecule has 11 nitrogen and oxygen atoms in total. The first kappa shape index (κ1) is 33.3. The van der Waals surface area contributed by atoms with E-state index in [1.807, 2.05) is 50.1 Å². The van der Waals surface area contributed by atoms with E-state index in [9.17, 15) is 4.79 Å². The summed E-state index contributed by atoms with van der Waals surface area (Å²) in [6.45, 7) is 12.3. The van der Waals surface area contributed by atoms with Gasteiger partial charge in [-0.1, -0.05) is 23.7 Å². The van der Waals surface area contributed by atoms with Gasteiger partial charge in [-0.25, -0.2) is 19.7 Å². The number of amidine groups is 1. The number of aromatic nitrogens is 3. The lowest BCUT2D eigenvalue weighted by Gasteiger charge is -2.35. The van der Waals surface area contributed by atoms with Gasteiger partial charge in [-0.3, -0.25) is 4.99 Å². The number of carbonyl (C=O) groups is 1. The van der Waals surface area contributed by atoms with Crippen LogP contribution in [0.4, 0.5) is 10.6 Å². The van der Waals surface area contributed by atoms with Crippen molar-refractivity contribution in [1.29, 1.82) is 0 Å². The fourth-order valence-electron chi connectivity index (χ4n) is 7.61. The van der Waals surface area contributed by atoms with Crippen molar-refractivity contribution in [2.24, 2.45) is 4.99 Å². The highest BCUT2D eigenvalue weighted by Gasteiger charge is 2.65. The molecule has 0 unspecified atom stereocenters. The number of piperidine rings is 3. The molecule has 3 aromatic rings. The van der Waals surface area contributed by atoms with Gasteiger partial charge in [-0.05, 0) is 103 Å². The van der Waals surface area contributed by atoms with Gasteiger partial charge in [0.05, 0.1) is 23.6 Å². The van der Waals surface area contributed by atoms with Crippen LogP contribution in [-0.4, -0.2) is 106 Å². The monoisotopic (exact) mass is 676 g/mol. The van der Waals surface area contributed by atoms with E-state index >= 15 is 0 Å². The summed E-state index contributed by atoms with van der Waals surface area (Å²) < 4.78 is 12.4. The van der Waals surface area contributed by atoms with Gasteiger partial charge >= 0.3 is 6.09 Å². The Labute approximate surface area is 288 Å². The topological polar surface area (TPSA) is 111 Å². The van der Waals surface area contributed by atoms with Gasteiger partial charge in [0.1, 0.15) is 34.8 Å². The minimum Gasteiger partial charge on any atom is -0.443 e. The molecule has 2 aromatic heterocycles. The van der Waals surface area contributed by atoms with Gasteiger partial charge in [-0.15, -0.1) is 0 Å². The molecular formula is C36H49ClN8O3. The molecule has 12 heteroatoms. The molecular weight excluding hydrogens is 628 g/mol. The first-order valence-corrected chi connectivity index (χ1v) is 18.0. The first-order valence-electron chi connectivity index (χ1n) is 17.7. The summed E-state index contributed by atoms with van der Waals surface area (Å²) in [7, 11) is 0. The van der Waals surface area contributed by atoms with E-state index in [1.165, 1.54) is 0 Å². The molecule has 0 saturated carbocycles. The van der Waals surface area contributed by atoms with Crippen molar-refractivity contribution in [2.45, 2.75) is 95.1 Å². The van der Waals surface area contributed by atoms with Crippen LogP contribution in [0.2, 0.25) is 5.02 Å². The zero-order chi connectivity index (χ0) is 33.3. The largest absolute Gasteiger partial charge is 0.443 e. The lowest BCUT2D eigenvalue weighted by atomic mass is 9.95. The summed E-state index contributed by atoms with van der Waals surface area (Å²) in [6.07, 6.45) is 10.6. The number of amides is 1. The lowest BCUT2D eigenvalue weighted by molar-refractivity contribution is -0.0532. The SMILES string of the molecule is CC(C)(C)OC(=O)N1C(=N[C@@H](CCN2CCC(OC3CCNCC3)CC2)c2ccc(Cl)cc2)C12CCN(c1ncnc3[nH]ccc13)CC2. The van der Waals surface area contributed by atoms with Gasteiger partial charge in [0, 0.05) is 43.9 Å². The number of H-pyrrole nitrogens is 1. The van der Waals surface area contributed by atoms with Crippen LogP contribution in [0, 0.1) is 0 Å². The second-order valence-corrected chi connectivity index (χ2v) is 15.1. The molecule has 0 radical (unpaired) electrons. The van der Waals surface area contributed by atoms with Crippen LogP contribution < -0.4 is 10.2 Å². The van der Waals surface area contributed by atoms with Crippen molar-refractivity contribution in [3.05, 3.63) is 53.4 Å². The maximum absolute atomic E-state index is 13.7. The highest BCUT2D eigenvalue weighted by molar-refractivity contribution is 6.30. The van der Waals surface area contributed by atoms with Crippen LogP contribution in [0.5, 0.6) is 0 Å². The molecule has 1 spiro atoms. The Morgan fingerprint density at radius 1 is 1.02 bits per heavy atom. The fraction of sp³-hybridized carbons (Fsp3) is 0.611. The molecule has 258 valence electrons. The van der Waals surface area contributed by atoms with E-state index < -0.39 is 11.1 Å². The van der Waals surface area contributed by atoms with Crippen LogP contribution in [0.15, 0.2) is 47.8 Å². The van der Waals surface area contributed by atoms with Crippen molar-refractivity contribution in [3.63, 3.8) is 0 Å². The van der Waals surface area contributed by atoms with Crippen molar-refractivity contribution >= 4 is 40.4 Å². The number of aliphatic imine (C=N–C) groups is 1. The quantitative estimate of drug-likeness (QED) is 0.281. The lowest BCUT2D eigenvalue weighted by Crippen LogP contribution is -2.42. The van der Waals surface area contributed by atoms with Crippen molar-refractivity contribution in [3.8, 4) is 0 Å². The Bertz CT molecular complexity index is 1580. The van der Waals surface area contributed by atoms with Gasteiger partial charge in [0.15, 0.2) is 0 Å². The number of rotatable bonds is 8. The van der Waals surface area contributed by atoms with Crippen molar-refractivity contribution in [1.82, 2.24) is 30.1 Å². The number of ether oxygens (including phenoxy) is 2. The minimum absolute atomic E-state index is 0.107. The van der Waals surface area contributed by atoms with E-state index in [2.05, 4.69) is 42.2 Å². The van der Waals surface area contributed by atoms with Gasteiger partial charge in [-0.2, -0.15) is 0 Å². The highest BCUT2D eigenvalue weighted by Crippen LogP contribution is 2.48. The summed E-state index contributed by atoms with van der Waals surface area (Å²) >= 11 is 6.31. The van der Waals surface area contributed by atoms with Crippen LogP contribution in [0.3, 0.4) is 0 Å². The number of fused-ring (bicyclic) bond motifs is 1. The Balaban J connectivity index is 1.07. The Hall–Kier alpha value is -3.25. The van der Waals surface area contributed by atoms with Crippen molar-refractivity contribution in [2.75, 3.05) is 50.7 Å². The summed E-state index contributed by atoms with van der Waals surface area (Å²) in [4.78, 5) is 37.9. The number of anilines is 1. The molecule has 1 atom stereocenters. The molecule has 1 amide bonds. The predicted octanol–water partition coefficient (Wildman–Crippen LogP) is 5.96. The van der Waals surface area contributed by atoms with E-state index in [4.69, 9.17) is 26.1 Å². The molecule has 1 aromatic carbocycles. The Kier molecular flexibility index (Phi) is 9.65. The molecule has 7 rings (SSSR count). The highest BCUT2D eigenvalue weighted by atomic mass is 35.5. The minimum atomic E-state index is -0.604. The first-order chi connectivity index (χ1) is 23.2. The normalized spacial score (nSPS) is 22.5. The van der Waals surface area contributed by atoms with Crippen LogP contribution >= 0.6 is 11.6 Å². The van der Waals surface area contributed by atoms with Crippen LogP contribution in [0.25, 0.3) is 11.0 Å². The summed E-state index contributed by atoms with van der Waals surface area (Å²) in [5, 5.41) is 5.14. The number of nitrogens with one attached hydrogen (secondary N) is 2. The second-order valence-electron chi connectivity index (χ2n) is 14.7. The number of nitrogens with zero attached hydrogens (tertiary/aromatic N) is 6. The zero-order valence-corrected chi connectivity index (χ0v) is 29.2. The Morgan fingerprint density at radius 3 is 2.44 bits per heavy atom. The van der Waals surface area contributed by atoms with E-state index in [-0.39, 0.29) is 12.1 Å². The van der Waals surface area contributed by atoms with Gasteiger partial charge in [0.2, 0.25) is 0 Å². The summed E-state index contributed by atoms with van der Waals surface area (Å²) in [5.41, 5.74) is 0.870. The molecule has 6 heterocycles. The average Bonchev–Trinajstić information content (AvgIpc) is 3.39. The molecule has 4 aliphatic heterocycles. The van der Waals surface area contributed by atoms with E-state index in [1.54, 1.807) is 6.33 Å². The number of aromatic amines is 1. The third kappa shape index (κ3) is 7.34. The molecule has 4 fully saturated rings. The average molecular weight is 677 g/mol. The maximum atomic E-state index is 13.7. The molecule has 2 N–H and O–H groups in total. The number of carbonyl (C=O) groups excluding carboxylic acids is 1. The molecule has 4 aliphatic rings. The molecule has 0 aliphatic carbocycles. The number of hydrogen-bond acceptors (Lipinski definition) is 9. The second kappa shape index (κ2) is 13.9. The number of benzene rings is 1. The maximum Gasteiger partial charge on any atom is 0.416 e. The van der Waals surface area contributed by atoms with Crippen LogP contribution in [-0.2, 0) is 9.47 Å². The van der Waals surface area contributed by atoms with E-state index in [0.29, 0.717) is 17.2 Å². The smallest absolute Gasteiger partial charge is 0.416 e. The fourth-order valence-corrected chi connectivity index (χ4v) is 7.74. The third-order valence-corrected chi connectivity index (χ3v) is 10.5. The zero-order valence-electron chi connectivity index (χ0n) is 28.5. The number of hydrogen-bond donors (Lipinski definition) is 2. The summed E-state index contributed by atoms with van der Waals surface area (Å²) in [5.74, 6) is 1.75. The van der Waals surface area contributed by atoms with Gasteiger partial charge in [0.25, 0.3) is 0 Å². The van der Waals surface area contributed by atoms with E-state index in [0.717, 1.165) is 119 Å². The van der Waals surface area contributed by atoms with Crippen molar-refractivity contribution < 1.29 is 14.3 Å². The Morgan fingerprint density at radius 2 is 1.73 bits per heavy atom. The van der Waals surface area contributed by atoms with Gasteiger partial charge < -0.3 is 29.6 Å².